The molecule has 2 N–H and O–H groups in total. The molecule has 2 heterocycles. The Labute approximate surface area is 87.4 Å². The number of aromatic carboxylic acids is 1. The first kappa shape index (κ1) is 10.2. The molecule has 0 saturated heterocycles. The van der Waals surface area contributed by atoms with Crippen molar-refractivity contribution in [3.63, 3.8) is 0 Å². The van der Waals surface area contributed by atoms with Gasteiger partial charge in [0.2, 0.25) is 0 Å². The van der Waals surface area contributed by atoms with Gasteiger partial charge < -0.3 is 9.84 Å². The van der Waals surface area contributed by atoms with E-state index in [-0.39, 0.29) is 11.3 Å². The second-order valence-corrected chi connectivity index (χ2v) is 4.10. The maximum atomic E-state index is 10.9. The summed E-state index contributed by atoms with van der Waals surface area (Å²) in [5.74, 6) is -0.979. The summed E-state index contributed by atoms with van der Waals surface area (Å²) in [7, 11) is 0. The Morgan fingerprint density at radius 1 is 1.73 bits per heavy atom. The normalized spacial score (nSPS) is 24.9. The maximum Gasteiger partial charge on any atom is 0.356 e. The molecule has 0 bridgehead atoms. The fourth-order valence-corrected chi connectivity index (χ4v) is 1.79. The molecule has 0 saturated carbocycles. The lowest BCUT2D eigenvalue weighted by Gasteiger charge is -2.32. The molecule has 82 valence electrons. The number of nitrogens with zero attached hydrogens (tertiary/aromatic N) is 1. The second kappa shape index (κ2) is 3.34. The summed E-state index contributed by atoms with van der Waals surface area (Å²) in [5.41, 5.74) is 1.45. The summed E-state index contributed by atoms with van der Waals surface area (Å²) in [5, 5.41) is 15.5. The van der Waals surface area contributed by atoms with Crippen molar-refractivity contribution in [3.05, 3.63) is 17.0 Å². The minimum absolute atomic E-state index is 0.132. The first-order valence-electron chi connectivity index (χ1n) is 4.99. The first-order chi connectivity index (χ1) is 7.06. The van der Waals surface area contributed by atoms with Gasteiger partial charge in [-0.1, -0.05) is 6.92 Å². The van der Waals surface area contributed by atoms with Crippen LogP contribution in [0.3, 0.4) is 0 Å². The van der Waals surface area contributed by atoms with Crippen molar-refractivity contribution in [2.24, 2.45) is 0 Å². The predicted molar refractivity (Wildman–Crippen MR) is 52.7 cm³/mol. The topological polar surface area (TPSA) is 75.2 Å². The zero-order valence-electron chi connectivity index (χ0n) is 8.83. The van der Waals surface area contributed by atoms with E-state index in [0.29, 0.717) is 13.0 Å². The van der Waals surface area contributed by atoms with Gasteiger partial charge >= 0.3 is 5.97 Å². The number of fused-ring (bicyclic) bond motifs is 1. The van der Waals surface area contributed by atoms with Gasteiger partial charge in [0, 0.05) is 12.0 Å². The lowest BCUT2D eigenvalue weighted by molar-refractivity contribution is -0.0577. The Hall–Kier alpha value is -1.36. The van der Waals surface area contributed by atoms with Crippen molar-refractivity contribution >= 4 is 5.97 Å². The quantitative estimate of drug-likeness (QED) is 0.772. The number of H-pyrrole nitrogens is 1. The summed E-state index contributed by atoms with van der Waals surface area (Å²) in [6, 6.07) is 0. The average molecular weight is 210 g/mol. The highest BCUT2D eigenvalue weighted by Crippen LogP contribution is 2.30. The van der Waals surface area contributed by atoms with E-state index >= 15 is 0 Å². The predicted octanol–water partition coefficient (Wildman–Crippen LogP) is 1.35. The Morgan fingerprint density at radius 2 is 2.47 bits per heavy atom. The maximum absolute atomic E-state index is 10.9. The van der Waals surface area contributed by atoms with Gasteiger partial charge in [0.25, 0.3) is 0 Å². The largest absolute Gasteiger partial charge is 0.476 e. The Balaban J connectivity index is 2.38. The summed E-state index contributed by atoms with van der Waals surface area (Å²) in [6.07, 6.45) is 1.47. The SMILES string of the molecule is CCC1(C)Cc2c(C(=O)O)n[nH]c2CO1. The fourth-order valence-electron chi connectivity index (χ4n) is 1.79. The monoisotopic (exact) mass is 210 g/mol. The van der Waals surface area contributed by atoms with E-state index < -0.39 is 5.97 Å². The van der Waals surface area contributed by atoms with Gasteiger partial charge in [-0.3, -0.25) is 5.10 Å². The van der Waals surface area contributed by atoms with Crippen molar-refractivity contribution in [2.45, 2.75) is 38.9 Å². The number of hydrogen-bond donors (Lipinski definition) is 2. The van der Waals surface area contributed by atoms with Crippen LogP contribution in [0.25, 0.3) is 0 Å². The zero-order chi connectivity index (χ0) is 11.1. The molecular weight excluding hydrogens is 196 g/mol. The Bertz CT molecular complexity index is 399. The molecule has 1 atom stereocenters. The third kappa shape index (κ3) is 1.63. The van der Waals surface area contributed by atoms with Gasteiger partial charge in [-0.25, -0.2) is 4.79 Å². The fraction of sp³-hybridized carbons (Fsp3) is 0.600. The van der Waals surface area contributed by atoms with Crippen molar-refractivity contribution in [2.75, 3.05) is 0 Å². The lowest BCUT2D eigenvalue weighted by Crippen LogP contribution is -2.34. The van der Waals surface area contributed by atoms with Crippen LogP contribution in [-0.2, 0) is 17.8 Å². The van der Waals surface area contributed by atoms with E-state index in [1.54, 1.807) is 0 Å². The number of ether oxygens (including phenoxy) is 1. The number of carboxylic acids is 1. The number of hydrogen-bond acceptors (Lipinski definition) is 3. The van der Waals surface area contributed by atoms with Crippen molar-refractivity contribution in [1.82, 2.24) is 10.2 Å². The lowest BCUT2D eigenvalue weighted by atomic mass is 9.90. The van der Waals surface area contributed by atoms with Crippen LogP contribution in [-0.4, -0.2) is 26.9 Å². The second-order valence-electron chi connectivity index (χ2n) is 4.10. The number of aromatic nitrogens is 2. The van der Waals surface area contributed by atoms with Gasteiger partial charge in [-0.15, -0.1) is 0 Å². The minimum Gasteiger partial charge on any atom is -0.476 e. The van der Waals surface area contributed by atoms with E-state index in [1.807, 2.05) is 13.8 Å². The van der Waals surface area contributed by atoms with Crippen molar-refractivity contribution in [1.29, 1.82) is 0 Å². The number of aromatic amines is 1. The molecule has 1 unspecified atom stereocenters. The van der Waals surface area contributed by atoms with Crippen LogP contribution < -0.4 is 0 Å². The Kier molecular flexibility index (Phi) is 2.26. The molecule has 1 aromatic heterocycles. The molecule has 2 rings (SSSR count). The highest BCUT2D eigenvalue weighted by Gasteiger charge is 2.33. The summed E-state index contributed by atoms with van der Waals surface area (Å²) >= 11 is 0. The van der Waals surface area contributed by atoms with Crippen molar-refractivity contribution in [3.8, 4) is 0 Å². The molecule has 0 spiro atoms. The van der Waals surface area contributed by atoms with Crippen LogP contribution in [0.15, 0.2) is 0 Å². The molecule has 15 heavy (non-hydrogen) atoms. The molecule has 1 aliphatic heterocycles. The van der Waals surface area contributed by atoms with Gasteiger partial charge in [0.15, 0.2) is 5.69 Å². The van der Waals surface area contributed by atoms with Gasteiger partial charge in [-0.05, 0) is 13.3 Å². The molecule has 0 radical (unpaired) electrons. The van der Waals surface area contributed by atoms with Crippen LogP contribution >= 0.6 is 0 Å². The number of carbonyl (C=O) groups is 1. The number of nitrogens with one attached hydrogen (secondary N) is 1. The molecule has 5 heteroatoms. The average Bonchev–Trinajstić information content (AvgIpc) is 2.60. The zero-order valence-corrected chi connectivity index (χ0v) is 8.83. The molecule has 0 aliphatic carbocycles. The smallest absolute Gasteiger partial charge is 0.356 e. The van der Waals surface area contributed by atoms with E-state index in [1.165, 1.54) is 0 Å². The third-order valence-corrected chi connectivity index (χ3v) is 3.02. The van der Waals surface area contributed by atoms with E-state index in [0.717, 1.165) is 17.7 Å². The molecule has 0 aromatic carbocycles. The first-order valence-corrected chi connectivity index (χ1v) is 4.99. The molecule has 0 fully saturated rings. The molecule has 0 amide bonds. The molecular formula is C10H14N2O3. The summed E-state index contributed by atoms with van der Waals surface area (Å²) in [6.45, 7) is 4.44. The minimum atomic E-state index is -0.979. The summed E-state index contributed by atoms with van der Waals surface area (Å²) < 4.78 is 5.67. The van der Waals surface area contributed by atoms with Crippen LogP contribution in [0.5, 0.6) is 0 Å². The highest BCUT2D eigenvalue weighted by atomic mass is 16.5. The van der Waals surface area contributed by atoms with Crippen molar-refractivity contribution < 1.29 is 14.6 Å². The van der Waals surface area contributed by atoms with E-state index in [4.69, 9.17) is 9.84 Å². The van der Waals surface area contributed by atoms with Crippen LogP contribution in [0, 0.1) is 0 Å². The van der Waals surface area contributed by atoms with Gasteiger partial charge in [0.1, 0.15) is 0 Å². The highest BCUT2D eigenvalue weighted by molar-refractivity contribution is 5.87. The standard InChI is InChI=1S/C10H14N2O3/c1-3-10(2)4-6-7(5-15-10)11-12-8(6)9(13)14/h3-5H2,1-2H3,(H,11,12)(H,13,14). The van der Waals surface area contributed by atoms with E-state index in [2.05, 4.69) is 10.2 Å². The van der Waals surface area contributed by atoms with Crippen LogP contribution in [0.1, 0.15) is 42.0 Å². The third-order valence-electron chi connectivity index (χ3n) is 3.02. The van der Waals surface area contributed by atoms with Crippen LogP contribution in [0.4, 0.5) is 0 Å². The molecule has 5 nitrogen and oxygen atoms in total. The van der Waals surface area contributed by atoms with Gasteiger partial charge in [-0.2, -0.15) is 5.10 Å². The van der Waals surface area contributed by atoms with Gasteiger partial charge in [0.05, 0.1) is 17.9 Å². The number of carboxylic acid groups (broad SMARTS) is 1. The summed E-state index contributed by atoms with van der Waals surface area (Å²) in [4.78, 5) is 10.9. The van der Waals surface area contributed by atoms with E-state index in [9.17, 15) is 4.79 Å². The Morgan fingerprint density at radius 3 is 3.07 bits per heavy atom. The molecule has 1 aromatic rings. The van der Waals surface area contributed by atoms with Crippen LogP contribution in [0.2, 0.25) is 0 Å². The molecule has 1 aliphatic rings. The number of rotatable bonds is 2.